The summed E-state index contributed by atoms with van der Waals surface area (Å²) < 4.78 is 16.7. The largest absolute Gasteiger partial charge is 0.378 e. The molecule has 1 saturated heterocycles. The van der Waals surface area contributed by atoms with E-state index in [2.05, 4.69) is 15.2 Å². The number of nitrogens with one attached hydrogen (secondary N) is 1. The van der Waals surface area contributed by atoms with E-state index in [4.69, 9.17) is 4.74 Å². The smallest absolute Gasteiger partial charge is 0.251 e. The van der Waals surface area contributed by atoms with Crippen molar-refractivity contribution in [1.82, 2.24) is 10.3 Å². The summed E-state index contributed by atoms with van der Waals surface area (Å²) in [7, 11) is -0.928. The van der Waals surface area contributed by atoms with E-state index >= 15 is 0 Å². The van der Waals surface area contributed by atoms with E-state index in [1.54, 1.807) is 24.6 Å². The minimum absolute atomic E-state index is 0.147. The van der Waals surface area contributed by atoms with Gasteiger partial charge in [-0.2, -0.15) is 0 Å². The molecule has 1 unspecified atom stereocenters. The van der Waals surface area contributed by atoms with Gasteiger partial charge in [0.25, 0.3) is 5.91 Å². The number of ether oxygens (including phenoxy) is 1. The van der Waals surface area contributed by atoms with Crippen molar-refractivity contribution in [2.45, 2.75) is 12.3 Å². The molecule has 1 fully saturated rings. The molecule has 0 bridgehead atoms. The van der Waals surface area contributed by atoms with Gasteiger partial charge in [0.15, 0.2) is 0 Å². The third-order valence-corrected chi connectivity index (χ3v) is 4.90. The maximum Gasteiger partial charge on any atom is 0.251 e. The topological polar surface area (TPSA) is 71.5 Å². The lowest BCUT2D eigenvalue weighted by atomic mass is 10.1. The molecule has 1 aliphatic heterocycles. The number of carbonyl (C=O) groups is 1. The number of hydrogen-bond donors (Lipinski definition) is 1. The van der Waals surface area contributed by atoms with Crippen molar-refractivity contribution in [3.05, 3.63) is 59.3 Å². The van der Waals surface area contributed by atoms with Crippen molar-refractivity contribution >= 4 is 22.5 Å². The highest BCUT2D eigenvalue weighted by atomic mass is 32.2. The summed E-state index contributed by atoms with van der Waals surface area (Å²) in [6.07, 6.45) is 3.45. The highest BCUT2D eigenvalue weighted by molar-refractivity contribution is 7.83. The molecule has 6 nitrogen and oxygen atoms in total. The summed E-state index contributed by atoms with van der Waals surface area (Å²) >= 11 is 0. The SMILES string of the molecule is CS(=O)Cc1cccc(C(=O)NCc2ccc(N3CCOCC3)nc2)c1. The second-order valence-electron chi connectivity index (χ2n) is 6.22. The minimum Gasteiger partial charge on any atom is -0.378 e. The van der Waals surface area contributed by atoms with Crippen molar-refractivity contribution in [2.24, 2.45) is 0 Å². The summed E-state index contributed by atoms with van der Waals surface area (Å²) in [4.78, 5) is 19.0. The Morgan fingerprint density at radius 3 is 2.73 bits per heavy atom. The highest BCUT2D eigenvalue weighted by Gasteiger charge is 2.12. The molecule has 0 saturated carbocycles. The van der Waals surface area contributed by atoms with Crippen LogP contribution in [0.25, 0.3) is 0 Å². The van der Waals surface area contributed by atoms with Crippen LogP contribution < -0.4 is 10.2 Å². The van der Waals surface area contributed by atoms with E-state index in [1.807, 2.05) is 24.3 Å². The predicted octanol–water partition coefficient (Wildman–Crippen LogP) is 1.73. The number of aromatic nitrogens is 1. The van der Waals surface area contributed by atoms with Crippen LogP contribution >= 0.6 is 0 Å². The van der Waals surface area contributed by atoms with Gasteiger partial charge in [0.1, 0.15) is 5.82 Å². The van der Waals surface area contributed by atoms with Crippen molar-refractivity contribution in [3.63, 3.8) is 0 Å². The number of anilines is 1. The Morgan fingerprint density at radius 2 is 2.04 bits per heavy atom. The summed E-state index contributed by atoms with van der Waals surface area (Å²) in [6, 6.07) is 11.2. The fourth-order valence-electron chi connectivity index (χ4n) is 2.82. The Kier molecular flexibility index (Phi) is 6.35. The van der Waals surface area contributed by atoms with E-state index in [9.17, 15) is 9.00 Å². The number of pyridine rings is 1. The average molecular weight is 373 g/mol. The molecule has 1 aromatic carbocycles. The van der Waals surface area contributed by atoms with Crippen LogP contribution in [0.1, 0.15) is 21.5 Å². The van der Waals surface area contributed by atoms with Gasteiger partial charge in [-0.25, -0.2) is 4.98 Å². The molecule has 26 heavy (non-hydrogen) atoms. The number of morpholine rings is 1. The monoisotopic (exact) mass is 373 g/mol. The number of hydrogen-bond acceptors (Lipinski definition) is 5. The van der Waals surface area contributed by atoms with Crippen molar-refractivity contribution in [3.8, 4) is 0 Å². The molecular formula is C19H23N3O3S. The maximum absolute atomic E-state index is 12.3. The first-order valence-corrected chi connectivity index (χ1v) is 10.3. The first-order chi connectivity index (χ1) is 12.6. The number of amides is 1. The van der Waals surface area contributed by atoms with Gasteiger partial charge in [-0.1, -0.05) is 18.2 Å². The Labute approximate surface area is 156 Å². The molecule has 1 atom stereocenters. The van der Waals surface area contributed by atoms with E-state index < -0.39 is 10.8 Å². The molecule has 1 N–H and O–H groups in total. The van der Waals surface area contributed by atoms with Gasteiger partial charge in [0, 0.05) is 54.2 Å². The van der Waals surface area contributed by atoms with E-state index in [1.165, 1.54) is 0 Å². The van der Waals surface area contributed by atoms with Crippen LogP contribution in [0.4, 0.5) is 5.82 Å². The van der Waals surface area contributed by atoms with Crippen molar-refractivity contribution < 1.29 is 13.7 Å². The summed E-state index contributed by atoms with van der Waals surface area (Å²) in [6.45, 7) is 3.57. The molecule has 1 aliphatic rings. The van der Waals surface area contributed by atoms with Gasteiger partial charge in [0.05, 0.1) is 13.2 Å². The number of nitrogens with zero attached hydrogens (tertiary/aromatic N) is 2. The molecule has 2 heterocycles. The van der Waals surface area contributed by atoms with E-state index in [0.29, 0.717) is 17.9 Å². The van der Waals surface area contributed by atoms with Crippen LogP contribution in [0.15, 0.2) is 42.6 Å². The quantitative estimate of drug-likeness (QED) is 0.835. The molecule has 1 aromatic heterocycles. The predicted molar refractivity (Wildman–Crippen MR) is 103 cm³/mol. The van der Waals surface area contributed by atoms with Gasteiger partial charge in [-0.05, 0) is 29.3 Å². The van der Waals surface area contributed by atoms with Crippen LogP contribution in [0.2, 0.25) is 0 Å². The van der Waals surface area contributed by atoms with Crippen LogP contribution in [-0.2, 0) is 27.8 Å². The molecule has 0 radical (unpaired) electrons. The normalized spacial score (nSPS) is 15.5. The third kappa shape index (κ3) is 5.12. The van der Waals surface area contributed by atoms with Gasteiger partial charge in [-0.3, -0.25) is 9.00 Å². The number of benzene rings is 1. The van der Waals surface area contributed by atoms with Crippen LogP contribution in [0, 0.1) is 0 Å². The molecular weight excluding hydrogens is 350 g/mol. The van der Waals surface area contributed by atoms with Crippen molar-refractivity contribution in [1.29, 1.82) is 0 Å². The standard InChI is InChI=1S/C19H23N3O3S/c1-26(24)14-15-3-2-4-17(11-15)19(23)21-13-16-5-6-18(20-12-16)22-7-9-25-10-8-22/h2-6,11-12H,7-10,13-14H2,1H3,(H,21,23). The number of carbonyl (C=O) groups excluding carboxylic acids is 1. The molecule has 0 aliphatic carbocycles. The molecule has 0 spiro atoms. The fraction of sp³-hybridized carbons (Fsp3) is 0.368. The maximum atomic E-state index is 12.3. The van der Waals surface area contributed by atoms with Crippen LogP contribution in [0.3, 0.4) is 0 Å². The van der Waals surface area contributed by atoms with Crippen LogP contribution in [-0.4, -0.2) is 47.7 Å². The second-order valence-corrected chi connectivity index (χ2v) is 7.66. The lowest BCUT2D eigenvalue weighted by Gasteiger charge is -2.27. The molecule has 2 aromatic rings. The van der Waals surface area contributed by atoms with E-state index in [0.717, 1.165) is 43.2 Å². The third-order valence-electron chi connectivity index (χ3n) is 4.16. The first-order valence-electron chi connectivity index (χ1n) is 8.56. The lowest BCUT2D eigenvalue weighted by Crippen LogP contribution is -2.36. The zero-order chi connectivity index (χ0) is 18.4. The number of rotatable bonds is 6. The Bertz CT molecular complexity index is 774. The van der Waals surface area contributed by atoms with Crippen molar-refractivity contribution in [2.75, 3.05) is 37.5 Å². The first kappa shape index (κ1) is 18.5. The minimum atomic E-state index is -0.928. The highest BCUT2D eigenvalue weighted by Crippen LogP contribution is 2.13. The molecule has 138 valence electrons. The van der Waals surface area contributed by atoms with Gasteiger partial charge < -0.3 is 15.0 Å². The molecule has 3 rings (SSSR count). The molecule has 1 amide bonds. The van der Waals surface area contributed by atoms with Gasteiger partial charge >= 0.3 is 0 Å². The second kappa shape index (κ2) is 8.91. The fourth-order valence-corrected chi connectivity index (χ4v) is 3.47. The van der Waals surface area contributed by atoms with E-state index in [-0.39, 0.29) is 5.91 Å². The Balaban J connectivity index is 1.56. The average Bonchev–Trinajstić information content (AvgIpc) is 2.67. The molecule has 7 heteroatoms. The Hall–Kier alpha value is -2.25. The zero-order valence-corrected chi connectivity index (χ0v) is 15.6. The zero-order valence-electron chi connectivity index (χ0n) is 14.8. The van der Waals surface area contributed by atoms with Gasteiger partial charge in [-0.15, -0.1) is 0 Å². The van der Waals surface area contributed by atoms with Gasteiger partial charge in [0.2, 0.25) is 0 Å². The lowest BCUT2D eigenvalue weighted by molar-refractivity contribution is 0.0950. The summed E-state index contributed by atoms with van der Waals surface area (Å²) in [5.41, 5.74) is 2.42. The Morgan fingerprint density at radius 1 is 1.23 bits per heavy atom. The van der Waals surface area contributed by atoms with Crippen LogP contribution in [0.5, 0.6) is 0 Å². The summed E-state index contributed by atoms with van der Waals surface area (Å²) in [5, 5.41) is 2.91. The summed E-state index contributed by atoms with van der Waals surface area (Å²) in [5.74, 6) is 1.24.